The Bertz CT molecular complexity index is 392. The molecular weight excluding hydrogens is 282 g/mol. The van der Waals surface area contributed by atoms with E-state index in [1.807, 2.05) is 0 Å². The number of imide groups is 1. The number of nitrogens with zero attached hydrogens (tertiary/aromatic N) is 2. The van der Waals surface area contributed by atoms with E-state index in [1.165, 1.54) is 30.6 Å². The molecule has 3 amide bonds. The van der Waals surface area contributed by atoms with Gasteiger partial charge in [0.2, 0.25) is 0 Å². The van der Waals surface area contributed by atoms with E-state index in [2.05, 4.69) is 17.1 Å². The number of rotatable bonds is 8. The van der Waals surface area contributed by atoms with Gasteiger partial charge >= 0.3 is 6.03 Å². The van der Waals surface area contributed by atoms with Gasteiger partial charge in [0.15, 0.2) is 0 Å². The van der Waals surface area contributed by atoms with Crippen LogP contribution in [0, 0.1) is 0 Å². The van der Waals surface area contributed by atoms with E-state index in [-0.39, 0.29) is 18.5 Å². The van der Waals surface area contributed by atoms with Gasteiger partial charge in [-0.25, -0.2) is 4.79 Å². The maximum Gasteiger partial charge on any atom is 0.325 e. The summed E-state index contributed by atoms with van der Waals surface area (Å²) < 4.78 is 0. The fourth-order valence-corrected chi connectivity index (χ4v) is 3.37. The highest BCUT2D eigenvalue weighted by Crippen LogP contribution is 2.29. The Labute approximate surface area is 132 Å². The highest BCUT2D eigenvalue weighted by molar-refractivity contribution is 6.07. The van der Waals surface area contributed by atoms with Crippen LogP contribution < -0.4 is 5.32 Å². The van der Waals surface area contributed by atoms with Crippen LogP contribution in [0.4, 0.5) is 4.79 Å². The van der Waals surface area contributed by atoms with E-state index in [9.17, 15) is 9.59 Å². The molecular formula is C16H29N3O3. The zero-order valence-corrected chi connectivity index (χ0v) is 13.6. The highest BCUT2D eigenvalue weighted by Gasteiger charge is 2.51. The summed E-state index contributed by atoms with van der Waals surface area (Å²) in [7, 11) is 0. The molecule has 2 saturated heterocycles. The summed E-state index contributed by atoms with van der Waals surface area (Å²) in [4.78, 5) is 28.2. The molecule has 0 saturated carbocycles. The molecule has 0 aliphatic carbocycles. The summed E-state index contributed by atoms with van der Waals surface area (Å²) >= 11 is 0. The van der Waals surface area contributed by atoms with Crippen LogP contribution in [0.15, 0.2) is 0 Å². The van der Waals surface area contributed by atoms with Crippen molar-refractivity contribution in [1.82, 2.24) is 15.1 Å². The fraction of sp³-hybridized carbons (Fsp3) is 0.875. The maximum absolute atomic E-state index is 12.5. The standard InChI is InChI=1S/C16H29N3O3/c1-2-3-4-5-9-18-11-7-16(8-12-18)14(21)19(10-6-13-20)15(22)17-16/h20H,2-13H2,1H3,(H,17,22). The third-order valence-corrected chi connectivity index (χ3v) is 4.82. The van der Waals surface area contributed by atoms with Crippen LogP contribution in [0.2, 0.25) is 0 Å². The Balaban J connectivity index is 1.82. The van der Waals surface area contributed by atoms with Crippen molar-refractivity contribution >= 4 is 11.9 Å². The average molecular weight is 311 g/mol. The molecule has 0 bridgehead atoms. The van der Waals surface area contributed by atoms with Crippen LogP contribution in [0.25, 0.3) is 0 Å². The monoisotopic (exact) mass is 311 g/mol. The second-order valence-electron chi connectivity index (χ2n) is 6.45. The number of hydrogen-bond donors (Lipinski definition) is 2. The number of aliphatic hydroxyl groups is 1. The molecule has 2 aliphatic heterocycles. The van der Waals surface area contributed by atoms with Crippen LogP contribution in [0.5, 0.6) is 0 Å². The average Bonchev–Trinajstić information content (AvgIpc) is 2.75. The van der Waals surface area contributed by atoms with Gasteiger partial charge < -0.3 is 15.3 Å². The van der Waals surface area contributed by atoms with Gasteiger partial charge in [0, 0.05) is 26.2 Å². The molecule has 22 heavy (non-hydrogen) atoms. The Morgan fingerprint density at radius 1 is 1.09 bits per heavy atom. The minimum Gasteiger partial charge on any atom is -0.396 e. The molecule has 6 heteroatoms. The van der Waals surface area contributed by atoms with Gasteiger partial charge in [0.05, 0.1) is 0 Å². The van der Waals surface area contributed by atoms with E-state index in [0.717, 1.165) is 19.6 Å². The van der Waals surface area contributed by atoms with E-state index >= 15 is 0 Å². The van der Waals surface area contributed by atoms with Crippen molar-refractivity contribution in [3.63, 3.8) is 0 Å². The Kier molecular flexibility index (Phi) is 6.20. The van der Waals surface area contributed by atoms with Crippen molar-refractivity contribution in [2.45, 2.75) is 57.4 Å². The normalized spacial score (nSPS) is 21.6. The number of hydrogen-bond acceptors (Lipinski definition) is 4. The smallest absolute Gasteiger partial charge is 0.325 e. The maximum atomic E-state index is 12.5. The Morgan fingerprint density at radius 3 is 2.45 bits per heavy atom. The third-order valence-electron chi connectivity index (χ3n) is 4.82. The number of likely N-dealkylation sites (tertiary alicyclic amines) is 1. The van der Waals surface area contributed by atoms with Gasteiger partial charge in [-0.15, -0.1) is 0 Å². The predicted molar refractivity (Wildman–Crippen MR) is 84.5 cm³/mol. The predicted octanol–water partition coefficient (Wildman–Crippen LogP) is 1.34. The minimum absolute atomic E-state index is 0.00437. The number of unbranched alkanes of at least 4 members (excludes halogenated alkanes) is 3. The lowest BCUT2D eigenvalue weighted by Crippen LogP contribution is -2.55. The van der Waals surface area contributed by atoms with Crippen molar-refractivity contribution in [2.75, 3.05) is 32.8 Å². The first kappa shape index (κ1) is 17.2. The molecule has 126 valence electrons. The quantitative estimate of drug-likeness (QED) is 0.524. The number of aliphatic hydroxyl groups excluding tert-OH is 1. The molecule has 2 aliphatic rings. The van der Waals surface area contributed by atoms with Crippen molar-refractivity contribution in [2.24, 2.45) is 0 Å². The summed E-state index contributed by atoms with van der Waals surface area (Å²) in [6.07, 6.45) is 6.84. The summed E-state index contributed by atoms with van der Waals surface area (Å²) in [5.74, 6) is -0.100. The third kappa shape index (κ3) is 3.79. The molecule has 6 nitrogen and oxygen atoms in total. The fourth-order valence-electron chi connectivity index (χ4n) is 3.37. The first-order valence-corrected chi connectivity index (χ1v) is 8.60. The molecule has 0 radical (unpaired) electrons. The summed E-state index contributed by atoms with van der Waals surface area (Å²) in [5.41, 5.74) is -0.688. The Hall–Kier alpha value is -1.14. The van der Waals surface area contributed by atoms with E-state index in [0.29, 0.717) is 25.8 Å². The molecule has 0 aromatic carbocycles. The molecule has 0 aromatic heterocycles. The van der Waals surface area contributed by atoms with Gasteiger partial charge in [-0.1, -0.05) is 26.2 Å². The zero-order valence-electron chi connectivity index (χ0n) is 13.6. The largest absolute Gasteiger partial charge is 0.396 e. The second-order valence-corrected chi connectivity index (χ2v) is 6.45. The van der Waals surface area contributed by atoms with Crippen LogP contribution in [0.1, 0.15) is 51.9 Å². The summed E-state index contributed by atoms with van der Waals surface area (Å²) in [6.45, 7) is 5.34. The first-order valence-electron chi connectivity index (χ1n) is 8.60. The molecule has 2 rings (SSSR count). The van der Waals surface area contributed by atoms with Crippen molar-refractivity contribution < 1.29 is 14.7 Å². The molecule has 0 atom stereocenters. The molecule has 1 spiro atoms. The topological polar surface area (TPSA) is 72.9 Å². The number of carbonyl (C=O) groups excluding carboxylic acids is 2. The van der Waals surface area contributed by atoms with E-state index in [4.69, 9.17) is 5.11 Å². The van der Waals surface area contributed by atoms with Crippen molar-refractivity contribution in [3.8, 4) is 0 Å². The van der Waals surface area contributed by atoms with Gasteiger partial charge in [-0.05, 0) is 32.2 Å². The zero-order chi connectivity index (χ0) is 16.0. The van der Waals surface area contributed by atoms with Crippen molar-refractivity contribution in [3.05, 3.63) is 0 Å². The Morgan fingerprint density at radius 2 is 1.82 bits per heavy atom. The molecule has 0 unspecified atom stereocenters. The lowest BCUT2D eigenvalue weighted by molar-refractivity contribution is -0.133. The van der Waals surface area contributed by atoms with Gasteiger partial charge in [-0.3, -0.25) is 9.69 Å². The SMILES string of the molecule is CCCCCCN1CCC2(CC1)NC(=O)N(CCCO)C2=O. The van der Waals surface area contributed by atoms with Crippen molar-refractivity contribution in [1.29, 1.82) is 0 Å². The molecule has 2 N–H and O–H groups in total. The minimum atomic E-state index is -0.688. The molecule has 2 heterocycles. The lowest BCUT2D eigenvalue weighted by Gasteiger charge is -2.37. The highest BCUT2D eigenvalue weighted by atomic mass is 16.3. The number of amides is 3. The van der Waals surface area contributed by atoms with Crippen LogP contribution in [-0.2, 0) is 4.79 Å². The van der Waals surface area contributed by atoms with Gasteiger partial charge in [-0.2, -0.15) is 0 Å². The first-order chi connectivity index (χ1) is 10.6. The number of urea groups is 1. The van der Waals surface area contributed by atoms with Gasteiger partial charge in [0.25, 0.3) is 5.91 Å². The van der Waals surface area contributed by atoms with E-state index in [1.54, 1.807) is 0 Å². The van der Waals surface area contributed by atoms with Crippen LogP contribution in [0.3, 0.4) is 0 Å². The second kappa shape index (κ2) is 7.92. The summed E-state index contributed by atoms with van der Waals surface area (Å²) in [5, 5.41) is 11.8. The summed E-state index contributed by atoms with van der Waals surface area (Å²) in [6, 6.07) is -0.296. The molecule has 2 fully saturated rings. The molecule has 0 aromatic rings. The number of carbonyl (C=O) groups is 2. The number of piperidine rings is 1. The van der Waals surface area contributed by atoms with Gasteiger partial charge in [0.1, 0.15) is 5.54 Å². The lowest BCUT2D eigenvalue weighted by atomic mass is 9.87. The van der Waals surface area contributed by atoms with Crippen LogP contribution in [-0.4, -0.2) is 65.2 Å². The number of nitrogens with one attached hydrogen (secondary N) is 1. The van der Waals surface area contributed by atoms with Crippen LogP contribution >= 0.6 is 0 Å². The van der Waals surface area contributed by atoms with E-state index < -0.39 is 5.54 Å².